The monoisotopic (exact) mass is 544 g/mol. The second-order valence-electron chi connectivity index (χ2n) is 8.48. The van der Waals surface area contributed by atoms with E-state index in [2.05, 4.69) is 5.16 Å². The average Bonchev–Trinajstić information content (AvgIpc) is 3.42. The van der Waals surface area contributed by atoms with Gasteiger partial charge >= 0.3 is 11.6 Å². The summed E-state index contributed by atoms with van der Waals surface area (Å²) in [7, 11) is -2.76. The number of hydrogen-bond donors (Lipinski definition) is 1. The number of halogens is 5. The number of fused-ring (bicyclic) bond motifs is 2. The SMILES string of the molecule is COCc1cc2onc(-n3cc4n(c3=O)C[C@@H](NS(C)(=O)=O)C4(F)F)c2c(-c2c(F)cccc2F)c1F. The highest BCUT2D eigenvalue weighted by Crippen LogP contribution is 2.41. The van der Waals surface area contributed by atoms with Gasteiger partial charge in [0.1, 0.15) is 29.2 Å². The van der Waals surface area contributed by atoms with Crippen molar-refractivity contribution in [2.75, 3.05) is 13.4 Å². The second-order valence-corrected chi connectivity index (χ2v) is 10.3. The number of rotatable bonds is 6. The molecule has 0 saturated heterocycles. The van der Waals surface area contributed by atoms with Crippen LogP contribution in [0.5, 0.6) is 0 Å². The van der Waals surface area contributed by atoms with Crippen LogP contribution in [0.3, 0.4) is 0 Å². The minimum atomic E-state index is -4.03. The second kappa shape index (κ2) is 8.49. The van der Waals surface area contributed by atoms with Gasteiger partial charge in [-0.3, -0.25) is 4.57 Å². The van der Waals surface area contributed by atoms with Crippen LogP contribution in [0.4, 0.5) is 22.0 Å². The number of sulfonamides is 1. The molecule has 0 radical (unpaired) electrons. The maximum absolute atomic E-state index is 15.6. The molecule has 15 heteroatoms. The summed E-state index contributed by atoms with van der Waals surface area (Å²) in [6.07, 6.45) is 1.40. The van der Waals surface area contributed by atoms with Crippen LogP contribution in [0.1, 0.15) is 11.3 Å². The number of aromatic nitrogens is 3. The minimum absolute atomic E-state index is 0.136. The molecule has 0 spiro atoms. The van der Waals surface area contributed by atoms with Crippen molar-refractivity contribution >= 4 is 21.0 Å². The van der Waals surface area contributed by atoms with Crippen LogP contribution in [0.15, 0.2) is 39.8 Å². The predicted molar refractivity (Wildman–Crippen MR) is 119 cm³/mol. The van der Waals surface area contributed by atoms with Crippen molar-refractivity contribution in [3.63, 3.8) is 0 Å². The maximum atomic E-state index is 15.6. The van der Waals surface area contributed by atoms with Crippen LogP contribution in [-0.2, 0) is 33.8 Å². The molecular weight excluding hydrogens is 527 g/mol. The lowest BCUT2D eigenvalue weighted by Gasteiger charge is -2.18. The van der Waals surface area contributed by atoms with E-state index in [4.69, 9.17) is 9.26 Å². The Morgan fingerprint density at radius 2 is 1.89 bits per heavy atom. The first-order valence-corrected chi connectivity index (χ1v) is 12.5. The van der Waals surface area contributed by atoms with Crippen LogP contribution in [0, 0.1) is 17.5 Å². The highest BCUT2D eigenvalue weighted by Gasteiger charge is 2.52. The number of alkyl halides is 2. The molecule has 4 aromatic rings. The Labute approximate surface area is 205 Å². The van der Waals surface area contributed by atoms with Gasteiger partial charge < -0.3 is 9.26 Å². The smallest absolute Gasteiger partial charge is 0.334 e. The number of imidazole rings is 1. The zero-order valence-electron chi connectivity index (χ0n) is 19.1. The van der Waals surface area contributed by atoms with E-state index in [9.17, 15) is 22.0 Å². The van der Waals surface area contributed by atoms with E-state index in [-0.39, 0.29) is 23.1 Å². The van der Waals surface area contributed by atoms with Gasteiger partial charge in [0.15, 0.2) is 11.4 Å². The molecule has 2 aromatic carbocycles. The molecule has 5 rings (SSSR count). The fraction of sp³-hybridized carbons (Fsp3) is 0.273. The van der Waals surface area contributed by atoms with Crippen LogP contribution in [0.2, 0.25) is 0 Å². The molecule has 37 heavy (non-hydrogen) atoms. The van der Waals surface area contributed by atoms with Gasteiger partial charge in [-0.15, -0.1) is 0 Å². The zero-order valence-corrected chi connectivity index (χ0v) is 19.9. The largest absolute Gasteiger partial charge is 0.380 e. The van der Waals surface area contributed by atoms with E-state index in [0.29, 0.717) is 21.6 Å². The first-order valence-electron chi connectivity index (χ1n) is 10.6. The highest BCUT2D eigenvalue weighted by molar-refractivity contribution is 7.88. The Bertz CT molecular complexity index is 1710. The lowest BCUT2D eigenvalue weighted by Crippen LogP contribution is -2.44. The predicted octanol–water partition coefficient (Wildman–Crippen LogP) is 3.03. The lowest BCUT2D eigenvalue weighted by atomic mass is 9.97. The molecule has 2 aromatic heterocycles. The number of methoxy groups -OCH3 is 1. The van der Waals surface area contributed by atoms with Gasteiger partial charge in [0.2, 0.25) is 10.0 Å². The molecule has 0 aliphatic carbocycles. The third-order valence-corrected chi connectivity index (χ3v) is 6.69. The fourth-order valence-electron chi connectivity index (χ4n) is 4.44. The first kappa shape index (κ1) is 25.1. The van der Waals surface area contributed by atoms with Crippen LogP contribution in [-0.4, -0.2) is 42.1 Å². The van der Waals surface area contributed by atoms with E-state index < -0.39 is 74.3 Å². The van der Waals surface area contributed by atoms with E-state index in [1.54, 1.807) is 4.72 Å². The normalized spacial score (nSPS) is 17.0. The Balaban J connectivity index is 1.77. The maximum Gasteiger partial charge on any atom is 0.334 e. The summed E-state index contributed by atoms with van der Waals surface area (Å²) in [6.45, 7) is -1.01. The minimum Gasteiger partial charge on any atom is -0.380 e. The molecule has 1 aliphatic heterocycles. The number of nitrogens with one attached hydrogen (secondary N) is 1. The average molecular weight is 544 g/mol. The van der Waals surface area contributed by atoms with Gasteiger partial charge in [0, 0.05) is 24.4 Å². The molecule has 0 unspecified atom stereocenters. The lowest BCUT2D eigenvalue weighted by molar-refractivity contribution is -0.0248. The van der Waals surface area contributed by atoms with Crippen LogP contribution >= 0.6 is 0 Å². The highest BCUT2D eigenvalue weighted by atomic mass is 32.2. The van der Waals surface area contributed by atoms with Crippen molar-refractivity contribution in [3.8, 4) is 16.9 Å². The molecular formula is C22H17F5N4O5S. The molecule has 0 amide bonds. The van der Waals surface area contributed by atoms with Gasteiger partial charge in [-0.05, 0) is 18.2 Å². The Hall–Kier alpha value is -3.56. The molecule has 1 atom stereocenters. The number of hydrogen-bond acceptors (Lipinski definition) is 6. The van der Waals surface area contributed by atoms with Crippen molar-refractivity contribution in [2.45, 2.75) is 25.1 Å². The Kier molecular flexibility index (Phi) is 5.76. The third kappa shape index (κ3) is 3.93. The fourth-order valence-corrected chi connectivity index (χ4v) is 5.17. The van der Waals surface area contributed by atoms with Gasteiger partial charge in [0.05, 0.1) is 30.4 Å². The summed E-state index contributed by atoms with van der Waals surface area (Å²) >= 11 is 0. The molecule has 9 nitrogen and oxygen atoms in total. The molecule has 0 fully saturated rings. The van der Waals surface area contributed by atoms with E-state index in [1.165, 1.54) is 7.11 Å². The van der Waals surface area contributed by atoms with Gasteiger partial charge in [-0.2, -0.15) is 8.78 Å². The van der Waals surface area contributed by atoms with Crippen molar-refractivity contribution in [3.05, 3.63) is 69.7 Å². The van der Waals surface area contributed by atoms with Gasteiger partial charge in [-0.1, -0.05) is 11.2 Å². The van der Waals surface area contributed by atoms with Crippen LogP contribution < -0.4 is 10.4 Å². The topological polar surface area (TPSA) is 108 Å². The number of ether oxygens (including phenoxy) is 1. The van der Waals surface area contributed by atoms with E-state index in [0.717, 1.165) is 24.3 Å². The first-order chi connectivity index (χ1) is 17.3. The van der Waals surface area contributed by atoms with Crippen molar-refractivity contribution in [1.29, 1.82) is 0 Å². The van der Waals surface area contributed by atoms with Crippen LogP contribution in [0.25, 0.3) is 27.9 Å². The van der Waals surface area contributed by atoms with E-state index in [1.807, 2.05) is 0 Å². The van der Waals surface area contributed by atoms with Crippen molar-refractivity contribution < 1.29 is 39.6 Å². The summed E-state index contributed by atoms with van der Waals surface area (Å²) in [4.78, 5) is 13.1. The standard InChI is InChI=1S/C22H17F5N4O5S/c1-35-9-10-6-13-17(18(19(10)25)16-11(23)4-3-5-12(16)24)20(28-36-13)31-8-15-22(26,27)14(29-37(2,33)34)7-30(15)21(31)32/h3-6,8,14,29H,7,9H2,1-2H3/t14-/m1/s1. The molecule has 1 aliphatic rings. The Morgan fingerprint density at radius 1 is 1.22 bits per heavy atom. The molecule has 0 bridgehead atoms. The van der Waals surface area contributed by atoms with E-state index >= 15 is 13.2 Å². The van der Waals surface area contributed by atoms with Gasteiger partial charge in [-0.25, -0.2) is 35.7 Å². The molecule has 0 saturated carbocycles. The summed E-state index contributed by atoms with van der Waals surface area (Å²) in [5.41, 5.74) is -3.67. The summed E-state index contributed by atoms with van der Waals surface area (Å²) < 4.78 is 111. The molecule has 1 N–H and O–H groups in total. The van der Waals surface area contributed by atoms with Gasteiger partial charge in [0.25, 0.3) is 0 Å². The summed E-state index contributed by atoms with van der Waals surface area (Å²) in [6, 6.07) is 2.10. The Morgan fingerprint density at radius 3 is 2.49 bits per heavy atom. The summed E-state index contributed by atoms with van der Waals surface area (Å²) in [5, 5.41) is 3.37. The number of benzene rings is 2. The third-order valence-electron chi connectivity index (χ3n) is 5.98. The summed E-state index contributed by atoms with van der Waals surface area (Å²) in [5.74, 6) is -7.65. The quantitative estimate of drug-likeness (QED) is 0.374. The zero-order chi connectivity index (χ0) is 26.9. The molecule has 3 heterocycles. The van der Waals surface area contributed by atoms with Crippen molar-refractivity contribution in [1.82, 2.24) is 19.0 Å². The van der Waals surface area contributed by atoms with Crippen molar-refractivity contribution in [2.24, 2.45) is 0 Å². The number of nitrogens with zero attached hydrogens (tertiary/aromatic N) is 3. The molecule has 196 valence electrons.